The fourth-order valence-corrected chi connectivity index (χ4v) is 2.41. The van der Waals surface area contributed by atoms with Crippen LogP contribution in [0.5, 0.6) is 0 Å². The minimum atomic E-state index is 0.705. The van der Waals surface area contributed by atoms with Crippen LogP contribution in [0.15, 0.2) is 0 Å². The molecule has 1 rings (SSSR count). The third-order valence-corrected chi connectivity index (χ3v) is 3.73. The van der Waals surface area contributed by atoms with E-state index in [0.717, 1.165) is 19.0 Å². The van der Waals surface area contributed by atoms with Gasteiger partial charge in [0.15, 0.2) is 0 Å². The van der Waals surface area contributed by atoms with Crippen molar-refractivity contribution in [3.05, 3.63) is 0 Å². The van der Waals surface area contributed by atoms with E-state index >= 15 is 0 Å². The van der Waals surface area contributed by atoms with Crippen molar-refractivity contribution >= 4 is 0 Å². The third kappa shape index (κ3) is 3.74. The van der Waals surface area contributed by atoms with Crippen molar-refractivity contribution in [2.24, 2.45) is 5.73 Å². The van der Waals surface area contributed by atoms with Crippen LogP contribution in [0.3, 0.4) is 0 Å². The van der Waals surface area contributed by atoms with E-state index in [0.29, 0.717) is 6.04 Å². The molecule has 1 aliphatic heterocycles. The minimum absolute atomic E-state index is 0.705. The van der Waals surface area contributed by atoms with Gasteiger partial charge in [-0.2, -0.15) is 0 Å². The summed E-state index contributed by atoms with van der Waals surface area (Å²) in [6, 6.07) is 1.45. The summed E-state index contributed by atoms with van der Waals surface area (Å²) in [7, 11) is 2.25. The van der Waals surface area contributed by atoms with Gasteiger partial charge in [0.1, 0.15) is 0 Å². The van der Waals surface area contributed by atoms with Crippen LogP contribution in [-0.4, -0.2) is 55.1 Å². The van der Waals surface area contributed by atoms with Crippen molar-refractivity contribution in [1.29, 1.82) is 0 Å². The number of likely N-dealkylation sites (N-methyl/N-ethyl adjacent to an activating group) is 1. The summed E-state index contributed by atoms with van der Waals surface area (Å²) in [6.07, 6.45) is 3.66. The molecule has 0 aromatic carbocycles. The molecule has 3 heteroatoms. The first-order valence-electron chi connectivity index (χ1n) is 6.33. The van der Waals surface area contributed by atoms with E-state index < -0.39 is 0 Å². The van der Waals surface area contributed by atoms with Gasteiger partial charge in [-0.1, -0.05) is 6.92 Å². The van der Waals surface area contributed by atoms with Crippen LogP contribution in [-0.2, 0) is 0 Å². The molecule has 2 N–H and O–H groups in total. The molecule has 2 unspecified atom stereocenters. The van der Waals surface area contributed by atoms with Crippen LogP contribution in [0, 0.1) is 0 Å². The molecule has 0 spiro atoms. The van der Waals surface area contributed by atoms with E-state index in [1.807, 2.05) is 0 Å². The van der Waals surface area contributed by atoms with Gasteiger partial charge < -0.3 is 10.6 Å². The quantitative estimate of drug-likeness (QED) is 0.743. The Morgan fingerprint density at radius 1 is 1.40 bits per heavy atom. The van der Waals surface area contributed by atoms with E-state index in [1.54, 1.807) is 0 Å². The number of nitrogens with zero attached hydrogens (tertiary/aromatic N) is 2. The Kier molecular flexibility index (Phi) is 5.58. The summed E-state index contributed by atoms with van der Waals surface area (Å²) in [6.45, 7) is 9.13. The van der Waals surface area contributed by atoms with Crippen LogP contribution >= 0.6 is 0 Å². The second kappa shape index (κ2) is 6.46. The lowest BCUT2D eigenvalue weighted by atomic mass is 10.1. The molecule has 2 atom stereocenters. The Bertz CT molecular complexity index is 172. The average Bonchev–Trinajstić information content (AvgIpc) is 2.26. The van der Waals surface area contributed by atoms with Gasteiger partial charge in [0.05, 0.1) is 0 Å². The first-order chi connectivity index (χ1) is 7.19. The van der Waals surface area contributed by atoms with Crippen LogP contribution < -0.4 is 5.73 Å². The molecular formula is C12H27N3. The van der Waals surface area contributed by atoms with Gasteiger partial charge in [0.25, 0.3) is 0 Å². The fourth-order valence-electron chi connectivity index (χ4n) is 2.41. The zero-order valence-corrected chi connectivity index (χ0v) is 10.6. The first-order valence-corrected chi connectivity index (χ1v) is 6.33. The molecule has 0 bridgehead atoms. The molecule has 0 saturated carbocycles. The summed E-state index contributed by atoms with van der Waals surface area (Å²) >= 11 is 0. The maximum Gasteiger partial charge on any atom is 0.0218 e. The highest BCUT2D eigenvalue weighted by molar-refractivity contribution is 4.81. The Hall–Kier alpha value is -0.120. The van der Waals surface area contributed by atoms with Crippen molar-refractivity contribution in [3.8, 4) is 0 Å². The van der Waals surface area contributed by atoms with E-state index in [9.17, 15) is 0 Å². The predicted molar refractivity (Wildman–Crippen MR) is 66.0 cm³/mol. The lowest BCUT2D eigenvalue weighted by molar-refractivity contribution is 0.0646. The second-order valence-corrected chi connectivity index (χ2v) is 4.82. The first kappa shape index (κ1) is 12.9. The Morgan fingerprint density at radius 3 is 2.73 bits per heavy atom. The van der Waals surface area contributed by atoms with Crippen LogP contribution in [0.1, 0.15) is 33.1 Å². The summed E-state index contributed by atoms with van der Waals surface area (Å²) in [4.78, 5) is 5.12. The molecule has 0 radical (unpaired) electrons. The van der Waals surface area contributed by atoms with Gasteiger partial charge in [-0.25, -0.2) is 0 Å². The van der Waals surface area contributed by atoms with Crippen molar-refractivity contribution in [2.75, 3.05) is 33.2 Å². The van der Waals surface area contributed by atoms with E-state index in [-0.39, 0.29) is 0 Å². The molecule has 1 saturated heterocycles. The molecule has 15 heavy (non-hydrogen) atoms. The van der Waals surface area contributed by atoms with Crippen LogP contribution in [0.25, 0.3) is 0 Å². The Labute approximate surface area is 94.6 Å². The maximum atomic E-state index is 5.56. The van der Waals surface area contributed by atoms with Gasteiger partial charge >= 0.3 is 0 Å². The lowest BCUT2D eigenvalue weighted by Crippen LogP contribution is -2.53. The monoisotopic (exact) mass is 213 g/mol. The highest BCUT2D eigenvalue weighted by Crippen LogP contribution is 2.15. The van der Waals surface area contributed by atoms with Crippen LogP contribution in [0.2, 0.25) is 0 Å². The van der Waals surface area contributed by atoms with Crippen molar-refractivity contribution in [3.63, 3.8) is 0 Å². The normalized spacial score (nSPS) is 26.8. The summed E-state index contributed by atoms with van der Waals surface area (Å²) < 4.78 is 0. The number of rotatable bonds is 5. The van der Waals surface area contributed by atoms with Crippen molar-refractivity contribution in [1.82, 2.24) is 9.80 Å². The number of hydrogen-bond acceptors (Lipinski definition) is 3. The molecule has 0 amide bonds. The van der Waals surface area contributed by atoms with Crippen LogP contribution in [0.4, 0.5) is 0 Å². The standard InChI is InChI=1S/C12H27N3/c1-4-12-10-15(9-8-14(12)3)11(2)6-5-7-13/h11-12H,4-10,13H2,1-3H3. The van der Waals surface area contributed by atoms with E-state index in [1.165, 1.54) is 32.5 Å². The van der Waals surface area contributed by atoms with Crippen molar-refractivity contribution in [2.45, 2.75) is 45.2 Å². The molecular weight excluding hydrogens is 186 g/mol. The largest absolute Gasteiger partial charge is 0.330 e. The van der Waals surface area contributed by atoms with Gasteiger partial charge in [0, 0.05) is 31.7 Å². The molecule has 1 aliphatic rings. The van der Waals surface area contributed by atoms with Crippen molar-refractivity contribution < 1.29 is 0 Å². The molecule has 0 aliphatic carbocycles. The number of piperazine rings is 1. The van der Waals surface area contributed by atoms with Gasteiger partial charge in [-0.15, -0.1) is 0 Å². The lowest BCUT2D eigenvalue weighted by Gasteiger charge is -2.42. The Balaban J connectivity index is 2.36. The fraction of sp³-hybridized carbons (Fsp3) is 1.00. The van der Waals surface area contributed by atoms with Gasteiger partial charge in [-0.05, 0) is 39.8 Å². The third-order valence-electron chi connectivity index (χ3n) is 3.73. The highest BCUT2D eigenvalue weighted by Gasteiger charge is 2.25. The number of nitrogens with two attached hydrogens (primary N) is 1. The van der Waals surface area contributed by atoms with E-state index in [4.69, 9.17) is 5.73 Å². The zero-order chi connectivity index (χ0) is 11.3. The molecule has 1 heterocycles. The molecule has 90 valence electrons. The topological polar surface area (TPSA) is 32.5 Å². The molecule has 3 nitrogen and oxygen atoms in total. The maximum absolute atomic E-state index is 5.56. The summed E-state index contributed by atoms with van der Waals surface area (Å²) in [5.41, 5.74) is 5.56. The number of hydrogen-bond donors (Lipinski definition) is 1. The smallest absolute Gasteiger partial charge is 0.0218 e. The summed E-state index contributed by atoms with van der Waals surface area (Å²) in [5.74, 6) is 0. The highest BCUT2D eigenvalue weighted by atomic mass is 15.3. The Morgan fingerprint density at radius 2 is 2.13 bits per heavy atom. The van der Waals surface area contributed by atoms with Gasteiger partial charge in [0.2, 0.25) is 0 Å². The zero-order valence-electron chi connectivity index (χ0n) is 10.6. The molecule has 1 fully saturated rings. The SMILES string of the molecule is CCC1CN(C(C)CCCN)CCN1C. The van der Waals surface area contributed by atoms with Gasteiger partial charge in [-0.3, -0.25) is 4.90 Å². The minimum Gasteiger partial charge on any atom is -0.330 e. The predicted octanol–water partition coefficient (Wildman–Crippen LogP) is 1.14. The average molecular weight is 213 g/mol. The molecule has 0 aromatic heterocycles. The second-order valence-electron chi connectivity index (χ2n) is 4.82. The summed E-state index contributed by atoms with van der Waals surface area (Å²) in [5, 5.41) is 0. The molecule has 0 aromatic rings. The van der Waals surface area contributed by atoms with E-state index in [2.05, 4.69) is 30.7 Å².